The van der Waals surface area contributed by atoms with Crippen LogP contribution in [0.4, 0.5) is 0 Å². The second-order valence-electron chi connectivity index (χ2n) is 4.19. The molecule has 0 rings (SSSR count). The molecule has 3 N–H and O–H groups in total. The van der Waals surface area contributed by atoms with Crippen LogP contribution in [0.2, 0.25) is 0 Å². The molecule has 0 aliphatic carbocycles. The van der Waals surface area contributed by atoms with Crippen molar-refractivity contribution in [2.45, 2.75) is 32.5 Å². The highest BCUT2D eigenvalue weighted by Gasteiger charge is 2.06. The van der Waals surface area contributed by atoms with E-state index in [0.29, 0.717) is 11.7 Å². The van der Waals surface area contributed by atoms with Crippen molar-refractivity contribution in [1.29, 1.82) is 0 Å². The van der Waals surface area contributed by atoms with Crippen molar-refractivity contribution < 1.29 is 15.3 Å². The maximum absolute atomic E-state index is 9.14. The SMILES string of the molecule is CC(O)CSCCC(C)CSCC(O)CO. The molecule has 0 aliphatic heterocycles. The molecule has 0 aromatic heterocycles. The van der Waals surface area contributed by atoms with Crippen LogP contribution in [0.25, 0.3) is 0 Å². The van der Waals surface area contributed by atoms with Gasteiger partial charge in [-0.1, -0.05) is 6.92 Å². The summed E-state index contributed by atoms with van der Waals surface area (Å²) in [6.45, 7) is 3.86. The van der Waals surface area contributed by atoms with Gasteiger partial charge in [-0.05, 0) is 30.8 Å². The van der Waals surface area contributed by atoms with Crippen LogP contribution < -0.4 is 0 Å². The first-order valence-corrected chi connectivity index (χ1v) is 7.99. The van der Waals surface area contributed by atoms with E-state index in [1.165, 1.54) is 0 Å². The largest absolute Gasteiger partial charge is 0.394 e. The van der Waals surface area contributed by atoms with Crippen molar-refractivity contribution >= 4 is 23.5 Å². The van der Waals surface area contributed by atoms with Crippen molar-refractivity contribution in [2.75, 3.05) is 29.6 Å². The zero-order valence-corrected chi connectivity index (χ0v) is 11.8. The minimum Gasteiger partial charge on any atom is -0.394 e. The summed E-state index contributed by atoms with van der Waals surface area (Å²) in [6.07, 6.45) is 0.343. The van der Waals surface area contributed by atoms with E-state index in [-0.39, 0.29) is 12.7 Å². The number of rotatable bonds is 10. The Morgan fingerprint density at radius 3 is 2.25 bits per heavy atom. The third-order valence-electron chi connectivity index (χ3n) is 2.04. The van der Waals surface area contributed by atoms with Gasteiger partial charge in [0, 0.05) is 11.5 Å². The minimum atomic E-state index is -0.582. The summed E-state index contributed by atoms with van der Waals surface area (Å²) in [4.78, 5) is 0. The van der Waals surface area contributed by atoms with Crippen LogP contribution in [-0.2, 0) is 0 Å². The average molecular weight is 268 g/mol. The second kappa shape index (κ2) is 10.7. The Labute approximate surface area is 107 Å². The van der Waals surface area contributed by atoms with Gasteiger partial charge in [0.1, 0.15) is 0 Å². The zero-order valence-electron chi connectivity index (χ0n) is 10.1. The maximum Gasteiger partial charge on any atom is 0.0861 e. The van der Waals surface area contributed by atoms with E-state index in [2.05, 4.69) is 6.92 Å². The molecule has 0 bridgehead atoms. The highest BCUT2D eigenvalue weighted by molar-refractivity contribution is 7.99. The molecule has 0 amide bonds. The summed E-state index contributed by atoms with van der Waals surface area (Å²) < 4.78 is 0. The van der Waals surface area contributed by atoms with E-state index in [9.17, 15) is 0 Å². The standard InChI is InChI=1S/C11H24O3S2/c1-9(3-4-15-7-10(2)13)6-16-8-11(14)5-12/h9-14H,3-8H2,1-2H3. The molecule has 0 aromatic rings. The van der Waals surface area contributed by atoms with Gasteiger partial charge in [0.2, 0.25) is 0 Å². The zero-order chi connectivity index (χ0) is 12.4. The van der Waals surface area contributed by atoms with E-state index in [4.69, 9.17) is 15.3 Å². The Hall–Kier alpha value is 0.580. The lowest BCUT2D eigenvalue weighted by Gasteiger charge is -2.12. The van der Waals surface area contributed by atoms with Crippen molar-refractivity contribution in [3.63, 3.8) is 0 Å². The molecule has 0 spiro atoms. The number of hydrogen-bond acceptors (Lipinski definition) is 5. The Kier molecular flexibility index (Phi) is 11.1. The lowest BCUT2D eigenvalue weighted by molar-refractivity contribution is 0.113. The van der Waals surface area contributed by atoms with Crippen LogP contribution in [0.5, 0.6) is 0 Å². The lowest BCUT2D eigenvalue weighted by Crippen LogP contribution is -2.16. The van der Waals surface area contributed by atoms with Crippen LogP contribution in [0, 0.1) is 5.92 Å². The summed E-state index contributed by atoms with van der Waals surface area (Å²) in [7, 11) is 0. The van der Waals surface area contributed by atoms with Crippen molar-refractivity contribution in [3.8, 4) is 0 Å². The predicted molar refractivity (Wildman–Crippen MR) is 73.2 cm³/mol. The number of thioether (sulfide) groups is 2. The van der Waals surface area contributed by atoms with Gasteiger partial charge in [-0.2, -0.15) is 23.5 Å². The fourth-order valence-corrected chi connectivity index (χ4v) is 3.24. The Morgan fingerprint density at radius 2 is 1.69 bits per heavy atom. The average Bonchev–Trinajstić information content (AvgIpc) is 2.24. The van der Waals surface area contributed by atoms with Crippen LogP contribution in [-0.4, -0.2) is 57.1 Å². The number of hydrogen-bond donors (Lipinski definition) is 3. The van der Waals surface area contributed by atoms with Gasteiger partial charge in [-0.25, -0.2) is 0 Å². The summed E-state index contributed by atoms with van der Waals surface area (Å²) in [5.74, 6) is 4.14. The highest BCUT2D eigenvalue weighted by atomic mass is 32.2. The van der Waals surface area contributed by atoms with Gasteiger partial charge >= 0.3 is 0 Å². The van der Waals surface area contributed by atoms with E-state index >= 15 is 0 Å². The summed E-state index contributed by atoms with van der Waals surface area (Å²) in [6, 6.07) is 0. The van der Waals surface area contributed by atoms with Gasteiger partial charge in [0.15, 0.2) is 0 Å². The van der Waals surface area contributed by atoms with Gasteiger partial charge in [0.25, 0.3) is 0 Å². The van der Waals surface area contributed by atoms with Crippen LogP contribution in [0.15, 0.2) is 0 Å². The minimum absolute atomic E-state index is 0.147. The molecule has 16 heavy (non-hydrogen) atoms. The molecule has 3 atom stereocenters. The monoisotopic (exact) mass is 268 g/mol. The molecule has 0 aromatic carbocycles. The Morgan fingerprint density at radius 1 is 1.00 bits per heavy atom. The highest BCUT2D eigenvalue weighted by Crippen LogP contribution is 2.16. The summed E-state index contributed by atoms with van der Waals surface area (Å²) in [5, 5.41) is 26.8. The molecule has 3 unspecified atom stereocenters. The quantitative estimate of drug-likeness (QED) is 0.520. The first-order chi connectivity index (χ1) is 7.56. The van der Waals surface area contributed by atoms with Gasteiger partial charge in [-0.15, -0.1) is 0 Å². The van der Waals surface area contributed by atoms with E-state index in [1.54, 1.807) is 23.5 Å². The van der Waals surface area contributed by atoms with Gasteiger partial charge in [-0.3, -0.25) is 0 Å². The Bertz CT molecular complexity index is 156. The smallest absolute Gasteiger partial charge is 0.0861 e. The number of aliphatic hydroxyl groups is 3. The molecule has 0 saturated carbocycles. The van der Waals surface area contributed by atoms with Crippen molar-refractivity contribution in [1.82, 2.24) is 0 Å². The van der Waals surface area contributed by atoms with Crippen LogP contribution in [0.3, 0.4) is 0 Å². The van der Waals surface area contributed by atoms with E-state index in [1.807, 2.05) is 6.92 Å². The second-order valence-corrected chi connectivity index (χ2v) is 6.42. The van der Waals surface area contributed by atoms with Crippen molar-refractivity contribution in [2.24, 2.45) is 5.92 Å². The molecule has 0 saturated heterocycles. The molecule has 0 radical (unpaired) electrons. The normalized spacial score (nSPS) is 17.1. The third kappa shape index (κ3) is 11.1. The Balaban J connectivity index is 3.27. The topological polar surface area (TPSA) is 60.7 Å². The molecular formula is C11H24O3S2. The molecule has 5 heteroatoms. The van der Waals surface area contributed by atoms with Crippen molar-refractivity contribution in [3.05, 3.63) is 0 Å². The molecule has 3 nitrogen and oxygen atoms in total. The summed E-state index contributed by atoms with van der Waals surface area (Å²) >= 11 is 3.48. The molecular weight excluding hydrogens is 244 g/mol. The van der Waals surface area contributed by atoms with Gasteiger partial charge in [0.05, 0.1) is 18.8 Å². The molecule has 0 aliphatic rings. The van der Waals surface area contributed by atoms with E-state index < -0.39 is 6.10 Å². The summed E-state index contributed by atoms with van der Waals surface area (Å²) in [5.41, 5.74) is 0. The molecule has 0 heterocycles. The fourth-order valence-electron chi connectivity index (χ4n) is 1.08. The lowest BCUT2D eigenvalue weighted by atomic mass is 10.2. The van der Waals surface area contributed by atoms with Gasteiger partial charge < -0.3 is 15.3 Å². The first-order valence-electron chi connectivity index (χ1n) is 5.68. The van der Waals surface area contributed by atoms with Crippen LogP contribution >= 0.6 is 23.5 Å². The molecule has 98 valence electrons. The molecule has 0 fully saturated rings. The predicted octanol–water partition coefficient (Wildman–Crippen LogP) is 1.21. The van der Waals surface area contributed by atoms with Crippen LogP contribution in [0.1, 0.15) is 20.3 Å². The van der Waals surface area contributed by atoms with E-state index in [0.717, 1.165) is 23.7 Å². The third-order valence-corrected chi connectivity index (χ3v) is 4.71. The first kappa shape index (κ1) is 16.6. The fraction of sp³-hybridized carbons (Fsp3) is 1.00. The number of aliphatic hydroxyl groups excluding tert-OH is 3. The maximum atomic E-state index is 9.14.